The molecule has 1 fully saturated rings. The van der Waals surface area contributed by atoms with Crippen molar-refractivity contribution >= 4 is 45.9 Å². The number of carbonyl (C=O) groups is 1. The van der Waals surface area contributed by atoms with Gasteiger partial charge in [-0.3, -0.25) is 9.69 Å². The number of thioether (sulfide) groups is 1. The number of hydrogen-bond donors (Lipinski definition) is 0. The molecule has 30 heavy (non-hydrogen) atoms. The van der Waals surface area contributed by atoms with Crippen molar-refractivity contribution < 1.29 is 4.79 Å². The first-order valence-corrected chi connectivity index (χ1v) is 11.0. The quantitative estimate of drug-likeness (QED) is 0.580. The van der Waals surface area contributed by atoms with Crippen LogP contribution in [0.15, 0.2) is 64.5 Å². The third-order valence-corrected chi connectivity index (χ3v) is 6.73. The number of rotatable bonds is 3. The van der Waals surface area contributed by atoms with E-state index in [1.165, 1.54) is 28.6 Å². The van der Waals surface area contributed by atoms with Gasteiger partial charge in [-0.15, -0.1) is 0 Å². The maximum Gasteiger partial charge on any atom is 0.266 e. The first-order chi connectivity index (χ1) is 14.3. The molecule has 5 heteroatoms. The van der Waals surface area contributed by atoms with Gasteiger partial charge < -0.3 is 4.90 Å². The molecule has 0 N–H and O–H groups in total. The number of benzene rings is 2. The number of carbonyl (C=O) groups excluding carboxylic acids is 1. The van der Waals surface area contributed by atoms with Crippen LogP contribution in [0.4, 0.5) is 11.4 Å². The van der Waals surface area contributed by atoms with Crippen LogP contribution in [0.3, 0.4) is 0 Å². The third kappa shape index (κ3) is 3.70. The number of allylic oxidation sites excluding steroid dienone is 1. The largest absolute Gasteiger partial charge is 0.366 e. The van der Waals surface area contributed by atoms with E-state index in [-0.39, 0.29) is 11.4 Å². The van der Waals surface area contributed by atoms with Gasteiger partial charge in [-0.2, -0.15) is 0 Å². The molecular weight excluding hydrogens is 390 g/mol. The number of fused-ring (bicyclic) bond motifs is 1. The zero-order chi connectivity index (χ0) is 21.5. The van der Waals surface area contributed by atoms with Gasteiger partial charge >= 0.3 is 0 Å². The Labute approximate surface area is 183 Å². The summed E-state index contributed by atoms with van der Waals surface area (Å²) in [6.45, 7) is 9.17. The Morgan fingerprint density at radius 1 is 1.13 bits per heavy atom. The molecule has 2 aromatic rings. The number of aliphatic imine (C=N–C) groups is 1. The van der Waals surface area contributed by atoms with Crippen molar-refractivity contribution in [2.45, 2.75) is 33.2 Å². The summed E-state index contributed by atoms with van der Waals surface area (Å²) in [4.78, 5) is 22.4. The molecule has 0 radical (unpaired) electrons. The number of para-hydroxylation sites is 1. The Balaban J connectivity index is 1.68. The molecule has 0 unspecified atom stereocenters. The second-order valence-electron chi connectivity index (χ2n) is 8.21. The van der Waals surface area contributed by atoms with Crippen molar-refractivity contribution in [2.24, 2.45) is 4.99 Å². The molecular formula is C25H27N3OS. The van der Waals surface area contributed by atoms with Gasteiger partial charge in [-0.05, 0) is 80.9 Å². The van der Waals surface area contributed by atoms with Crippen molar-refractivity contribution in [1.29, 1.82) is 0 Å². The molecule has 0 atom stereocenters. The minimum absolute atomic E-state index is 0.0143. The fourth-order valence-electron chi connectivity index (χ4n) is 3.90. The molecule has 1 amide bonds. The minimum Gasteiger partial charge on any atom is -0.366 e. The second-order valence-corrected chi connectivity index (χ2v) is 9.22. The van der Waals surface area contributed by atoms with Crippen LogP contribution in [0.1, 0.15) is 38.8 Å². The number of anilines is 1. The Bertz CT molecular complexity index is 1080. The molecule has 2 aliphatic rings. The monoisotopic (exact) mass is 417 g/mol. The predicted molar refractivity (Wildman–Crippen MR) is 129 cm³/mol. The molecule has 0 aliphatic carbocycles. The highest BCUT2D eigenvalue weighted by Crippen LogP contribution is 2.39. The van der Waals surface area contributed by atoms with Gasteiger partial charge in [0.1, 0.15) is 0 Å². The molecule has 2 aliphatic heterocycles. The molecule has 154 valence electrons. The molecule has 0 saturated carbocycles. The van der Waals surface area contributed by atoms with Crippen LogP contribution in [0.25, 0.3) is 11.6 Å². The third-order valence-electron chi connectivity index (χ3n) is 5.72. The van der Waals surface area contributed by atoms with E-state index in [2.05, 4.69) is 62.0 Å². The van der Waals surface area contributed by atoms with Crippen LogP contribution in [0, 0.1) is 0 Å². The van der Waals surface area contributed by atoms with Crippen molar-refractivity contribution in [3.63, 3.8) is 0 Å². The molecule has 2 aromatic carbocycles. The first-order valence-electron chi connectivity index (χ1n) is 10.2. The Morgan fingerprint density at radius 3 is 2.57 bits per heavy atom. The van der Waals surface area contributed by atoms with Crippen molar-refractivity contribution in [3.05, 3.63) is 70.6 Å². The van der Waals surface area contributed by atoms with Crippen LogP contribution in [0.2, 0.25) is 0 Å². The van der Waals surface area contributed by atoms with Gasteiger partial charge in [-0.25, -0.2) is 4.99 Å². The van der Waals surface area contributed by atoms with E-state index in [1.54, 1.807) is 4.90 Å². The van der Waals surface area contributed by atoms with Crippen molar-refractivity contribution in [1.82, 2.24) is 4.90 Å². The fraction of sp³-hybridized carbons (Fsp3) is 0.280. The lowest BCUT2D eigenvalue weighted by molar-refractivity contribution is -0.122. The fourth-order valence-corrected chi connectivity index (χ4v) is 4.96. The predicted octanol–water partition coefficient (Wildman–Crippen LogP) is 5.94. The maximum atomic E-state index is 13.0. The smallest absolute Gasteiger partial charge is 0.266 e. The van der Waals surface area contributed by atoms with Crippen LogP contribution >= 0.6 is 11.8 Å². The summed E-state index contributed by atoms with van der Waals surface area (Å²) in [5, 5.41) is 0.732. The summed E-state index contributed by atoms with van der Waals surface area (Å²) in [6, 6.07) is 16.2. The molecule has 2 heterocycles. The minimum atomic E-state index is -0.0151. The number of nitrogens with zero attached hydrogens (tertiary/aromatic N) is 3. The number of amidine groups is 1. The van der Waals surface area contributed by atoms with E-state index in [0.717, 1.165) is 16.4 Å². The van der Waals surface area contributed by atoms with Gasteiger partial charge in [-0.1, -0.05) is 30.3 Å². The summed E-state index contributed by atoms with van der Waals surface area (Å²) < 4.78 is 0. The highest BCUT2D eigenvalue weighted by molar-refractivity contribution is 8.18. The molecule has 0 spiro atoms. The number of hydrogen-bond acceptors (Lipinski definition) is 4. The number of likely N-dealkylation sites (N-methyl/N-ethyl adjacent to an activating group) is 2. The van der Waals surface area contributed by atoms with E-state index in [1.807, 2.05) is 43.3 Å². The zero-order valence-electron chi connectivity index (χ0n) is 18.1. The average molecular weight is 418 g/mol. The molecule has 0 bridgehead atoms. The SMILES string of the molecule is CCN1C(=O)/C(=C/c2ccc3c(c2)C(C)=CC(C)(C)N3C)SC1=Nc1ccccc1. The van der Waals surface area contributed by atoms with Gasteiger partial charge in [0, 0.05) is 24.8 Å². The average Bonchev–Trinajstić information content (AvgIpc) is 3.01. The summed E-state index contributed by atoms with van der Waals surface area (Å²) in [5.41, 5.74) is 5.57. The van der Waals surface area contributed by atoms with Gasteiger partial charge in [0.2, 0.25) is 0 Å². The zero-order valence-corrected chi connectivity index (χ0v) is 19.0. The summed E-state index contributed by atoms with van der Waals surface area (Å²) >= 11 is 1.44. The molecule has 1 saturated heterocycles. The second kappa shape index (κ2) is 7.80. The Kier molecular flexibility index (Phi) is 5.33. The van der Waals surface area contributed by atoms with E-state index in [4.69, 9.17) is 0 Å². The van der Waals surface area contributed by atoms with Crippen LogP contribution in [-0.2, 0) is 4.79 Å². The van der Waals surface area contributed by atoms with Gasteiger partial charge in [0.15, 0.2) is 5.17 Å². The standard InChI is InChI=1S/C25H27N3OS/c1-6-28-23(29)22(30-24(28)26-19-10-8-7-9-11-19)15-18-12-13-21-20(14-18)17(2)16-25(3,4)27(21)5/h7-16H,6H2,1-5H3/b22-15-,26-24?. The number of amides is 1. The normalized spacial score (nSPS) is 20.7. The lowest BCUT2D eigenvalue weighted by Crippen LogP contribution is -2.42. The summed E-state index contributed by atoms with van der Waals surface area (Å²) in [7, 11) is 2.13. The first kappa shape index (κ1) is 20.5. The highest BCUT2D eigenvalue weighted by Gasteiger charge is 2.32. The lowest BCUT2D eigenvalue weighted by atomic mass is 9.88. The van der Waals surface area contributed by atoms with Gasteiger partial charge in [0.25, 0.3) is 5.91 Å². The van der Waals surface area contributed by atoms with Crippen LogP contribution in [-0.4, -0.2) is 35.1 Å². The Hall–Kier alpha value is -2.79. The van der Waals surface area contributed by atoms with E-state index in [0.29, 0.717) is 11.4 Å². The summed E-state index contributed by atoms with van der Waals surface area (Å²) in [6.07, 6.45) is 4.28. The molecule has 0 aromatic heterocycles. The highest BCUT2D eigenvalue weighted by atomic mass is 32.2. The van der Waals surface area contributed by atoms with E-state index >= 15 is 0 Å². The topological polar surface area (TPSA) is 35.9 Å². The van der Waals surface area contributed by atoms with Crippen LogP contribution in [0.5, 0.6) is 0 Å². The Morgan fingerprint density at radius 2 is 1.87 bits per heavy atom. The van der Waals surface area contributed by atoms with Crippen molar-refractivity contribution in [3.8, 4) is 0 Å². The molecule has 4 nitrogen and oxygen atoms in total. The van der Waals surface area contributed by atoms with Crippen LogP contribution < -0.4 is 4.90 Å². The van der Waals surface area contributed by atoms with E-state index in [9.17, 15) is 4.79 Å². The summed E-state index contributed by atoms with van der Waals surface area (Å²) in [5.74, 6) is 0.0143. The molecule has 4 rings (SSSR count). The lowest BCUT2D eigenvalue weighted by Gasteiger charge is -2.40. The van der Waals surface area contributed by atoms with E-state index < -0.39 is 0 Å². The van der Waals surface area contributed by atoms with Gasteiger partial charge in [0.05, 0.1) is 16.1 Å². The maximum absolute atomic E-state index is 13.0. The van der Waals surface area contributed by atoms with Crippen molar-refractivity contribution in [2.75, 3.05) is 18.5 Å².